The minimum Gasteiger partial charge on any atom is -0.318 e. The number of hydrogen-bond donors (Lipinski definition) is 2. The summed E-state index contributed by atoms with van der Waals surface area (Å²) in [6, 6.07) is 0. The largest absolute Gasteiger partial charge is 0.362 e. The average Bonchev–Trinajstić information content (AvgIpc) is 1.91. The van der Waals surface area contributed by atoms with Crippen molar-refractivity contribution in [2.24, 2.45) is 0 Å². The van der Waals surface area contributed by atoms with Crippen molar-refractivity contribution < 1.29 is 1.43 Å². The molecule has 0 bridgehead atoms. The second kappa shape index (κ2) is 1.11. The van der Waals surface area contributed by atoms with Crippen LogP contribution in [0.1, 0.15) is 1.43 Å². The topological polar surface area (TPSA) is 76.7 Å². The summed E-state index contributed by atoms with van der Waals surface area (Å²) in [7, 11) is 0. The van der Waals surface area contributed by atoms with Crippen molar-refractivity contribution in [1.82, 2.24) is 14.9 Å². The lowest BCUT2D eigenvalue weighted by Crippen LogP contribution is -2.25. The number of aromatic nitrogens is 3. The lowest BCUT2D eigenvalue weighted by atomic mass is 11.3. The highest BCUT2D eigenvalue weighted by Gasteiger charge is 1.83. The van der Waals surface area contributed by atoms with Gasteiger partial charge in [0.05, 0.1) is 0 Å². The maximum atomic E-state index is 10.1. The SMILES string of the molecule is Nn1nc[nH]c1=O.[HH]. The van der Waals surface area contributed by atoms with Crippen molar-refractivity contribution >= 4 is 0 Å². The number of hydrogen-bond acceptors (Lipinski definition) is 3. The van der Waals surface area contributed by atoms with Crippen LogP contribution in [0.3, 0.4) is 0 Å². The number of nitrogens with one attached hydrogen (secondary N) is 1. The molecule has 0 spiro atoms. The number of aromatic amines is 1. The summed E-state index contributed by atoms with van der Waals surface area (Å²) < 4.78 is 0. The van der Waals surface area contributed by atoms with Crippen LogP contribution in [0.15, 0.2) is 11.1 Å². The van der Waals surface area contributed by atoms with E-state index in [1.165, 1.54) is 6.33 Å². The van der Waals surface area contributed by atoms with Gasteiger partial charge in [0, 0.05) is 1.43 Å². The smallest absolute Gasteiger partial charge is 0.318 e. The number of nitrogen functional groups attached to an aromatic ring is 1. The molecule has 1 heterocycles. The fourth-order valence-corrected chi connectivity index (χ4v) is 0.265. The molecule has 5 heteroatoms. The Morgan fingerprint density at radius 3 is 3.00 bits per heavy atom. The Hall–Kier alpha value is -1.26. The summed E-state index contributed by atoms with van der Waals surface area (Å²) in [6.07, 6.45) is 1.22. The normalized spacial score (nSPS) is 9.14. The summed E-state index contributed by atoms with van der Waals surface area (Å²) in [5.41, 5.74) is -0.403. The van der Waals surface area contributed by atoms with E-state index < -0.39 is 5.69 Å². The monoisotopic (exact) mass is 102 g/mol. The number of H-pyrrole nitrogens is 1. The number of rotatable bonds is 0. The lowest BCUT2D eigenvalue weighted by Gasteiger charge is -1.75. The van der Waals surface area contributed by atoms with Crippen molar-refractivity contribution in [3.05, 3.63) is 16.8 Å². The molecule has 0 unspecified atom stereocenters. The quantitative estimate of drug-likeness (QED) is 0.393. The number of nitrogens with two attached hydrogens (primary N) is 1. The van der Waals surface area contributed by atoms with E-state index in [1.807, 2.05) is 0 Å². The fourth-order valence-electron chi connectivity index (χ4n) is 0.265. The first-order valence-electron chi connectivity index (χ1n) is 1.68. The fraction of sp³-hybridized carbons (Fsp3) is 0. The van der Waals surface area contributed by atoms with Gasteiger partial charge in [-0.1, -0.05) is 0 Å². The molecule has 0 aliphatic heterocycles. The summed E-state index contributed by atoms with van der Waals surface area (Å²) in [6.45, 7) is 0. The lowest BCUT2D eigenvalue weighted by molar-refractivity contribution is 0.795. The zero-order chi connectivity index (χ0) is 5.28. The Morgan fingerprint density at radius 2 is 2.86 bits per heavy atom. The van der Waals surface area contributed by atoms with Gasteiger partial charge in [-0.05, 0) is 0 Å². The van der Waals surface area contributed by atoms with Gasteiger partial charge in [0.2, 0.25) is 0 Å². The van der Waals surface area contributed by atoms with Gasteiger partial charge in [0.15, 0.2) is 0 Å². The Balaban J connectivity index is 0.000000490. The maximum absolute atomic E-state index is 10.1. The van der Waals surface area contributed by atoms with Gasteiger partial charge in [-0.15, -0.1) is 9.89 Å². The van der Waals surface area contributed by atoms with E-state index in [0.29, 0.717) is 0 Å². The molecule has 1 aromatic heterocycles. The molecule has 0 saturated heterocycles. The molecule has 0 radical (unpaired) electrons. The molecule has 0 aliphatic rings. The zero-order valence-corrected chi connectivity index (χ0v) is 3.46. The molecule has 0 aliphatic carbocycles. The molecule has 1 rings (SSSR count). The van der Waals surface area contributed by atoms with E-state index in [2.05, 4.69) is 10.1 Å². The van der Waals surface area contributed by atoms with Gasteiger partial charge < -0.3 is 5.84 Å². The second-order valence-electron chi connectivity index (χ2n) is 1.04. The summed E-state index contributed by atoms with van der Waals surface area (Å²) in [4.78, 5) is 13.1. The number of nitrogens with zero attached hydrogens (tertiary/aromatic N) is 2. The summed E-state index contributed by atoms with van der Waals surface area (Å²) in [5, 5.41) is 3.34. The maximum Gasteiger partial charge on any atom is 0.362 e. The average molecular weight is 102 g/mol. The van der Waals surface area contributed by atoms with Crippen LogP contribution in [0.2, 0.25) is 0 Å². The van der Waals surface area contributed by atoms with Crippen LogP contribution in [0.5, 0.6) is 0 Å². The highest BCUT2D eigenvalue weighted by Crippen LogP contribution is 1.49. The first-order valence-corrected chi connectivity index (χ1v) is 1.68. The van der Waals surface area contributed by atoms with E-state index in [4.69, 9.17) is 5.84 Å². The highest BCUT2D eigenvalue weighted by atomic mass is 16.2. The molecular weight excluding hydrogens is 96.0 g/mol. The van der Waals surface area contributed by atoms with Crippen LogP contribution in [0.4, 0.5) is 0 Å². The van der Waals surface area contributed by atoms with E-state index >= 15 is 0 Å². The van der Waals surface area contributed by atoms with Gasteiger partial charge in [-0.25, -0.2) is 4.79 Å². The van der Waals surface area contributed by atoms with E-state index in [1.54, 1.807) is 0 Å². The van der Waals surface area contributed by atoms with Crippen LogP contribution < -0.4 is 11.5 Å². The first kappa shape index (κ1) is 3.91. The van der Waals surface area contributed by atoms with Crippen LogP contribution >= 0.6 is 0 Å². The molecule has 3 N–H and O–H groups in total. The Labute approximate surface area is 40.2 Å². The molecule has 0 saturated carbocycles. The molecule has 0 amide bonds. The summed E-state index contributed by atoms with van der Waals surface area (Å²) >= 11 is 0. The molecule has 5 nitrogen and oxygen atoms in total. The Bertz CT molecular complexity index is 202. The Morgan fingerprint density at radius 1 is 2.14 bits per heavy atom. The standard InChI is InChI=1S/C2H4N4O.H2/c3-6-2(7)4-1-5-6;/h1H,3H2,(H,4,5,7);1H. The third-order valence-electron chi connectivity index (χ3n) is 0.578. The van der Waals surface area contributed by atoms with E-state index in [9.17, 15) is 4.79 Å². The molecule has 0 atom stereocenters. The van der Waals surface area contributed by atoms with Gasteiger partial charge in [-0.3, -0.25) is 4.98 Å². The van der Waals surface area contributed by atoms with E-state index in [0.717, 1.165) is 4.79 Å². The van der Waals surface area contributed by atoms with Crippen molar-refractivity contribution in [2.45, 2.75) is 0 Å². The molecule has 7 heavy (non-hydrogen) atoms. The molecule has 0 fully saturated rings. The Kier molecular flexibility index (Phi) is 0.619. The first-order chi connectivity index (χ1) is 3.30. The van der Waals surface area contributed by atoms with Crippen molar-refractivity contribution in [3.63, 3.8) is 0 Å². The van der Waals surface area contributed by atoms with Crippen LogP contribution in [-0.2, 0) is 0 Å². The minimum atomic E-state index is -0.403. The molecular formula is C2H6N4O. The van der Waals surface area contributed by atoms with Gasteiger partial charge >= 0.3 is 5.69 Å². The van der Waals surface area contributed by atoms with Crippen LogP contribution in [0, 0.1) is 0 Å². The third-order valence-corrected chi connectivity index (χ3v) is 0.578. The highest BCUT2D eigenvalue weighted by molar-refractivity contribution is 4.56. The minimum absolute atomic E-state index is 0. The molecule has 0 aromatic carbocycles. The van der Waals surface area contributed by atoms with Crippen molar-refractivity contribution in [1.29, 1.82) is 0 Å². The van der Waals surface area contributed by atoms with Crippen molar-refractivity contribution in [3.8, 4) is 0 Å². The van der Waals surface area contributed by atoms with Crippen molar-refractivity contribution in [2.75, 3.05) is 5.84 Å². The van der Waals surface area contributed by atoms with Gasteiger partial charge in [-0.2, -0.15) is 0 Å². The van der Waals surface area contributed by atoms with Gasteiger partial charge in [0.25, 0.3) is 0 Å². The third kappa shape index (κ3) is 0.466. The summed E-state index contributed by atoms with van der Waals surface area (Å²) in [5.74, 6) is 4.90. The molecule has 1 aromatic rings. The second-order valence-corrected chi connectivity index (χ2v) is 1.04. The van der Waals surface area contributed by atoms with Crippen LogP contribution in [-0.4, -0.2) is 14.9 Å². The van der Waals surface area contributed by atoms with Gasteiger partial charge in [0.1, 0.15) is 6.33 Å². The van der Waals surface area contributed by atoms with E-state index in [-0.39, 0.29) is 1.43 Å². The zero-order valence-electron chi connectivity index (χ0n) is 3.46. The predicted molar refractivity (Wildman–Crippen MR) is 25.1 cm³/mol. The molecule has 40 valence electrons. The predicted octanol–water partition coefficient (Wildman–Crippen LogP) is -1.47. The van der Waals surface area contributed by atoms with Crippen LogP contribution in [0.25, 0.3) is 0 Å².